The third kappa shape index (κ3) is 6.54. The van der Waals surface area contributed by atoms with Crippen LogP contribution in [-0.2, 0) is 6.18 Å². The molecule has 17 heteroatoms. The number of rotatable bonds is 9. The van der Waals surface area contributed by atoms with Crippen molar-refractivity contribution in [1.82, 2.24) is 29.6 Å². The predicted molar refractivity (Wildman–Crippen MR) is 178 cm³/mol. The van der Waals surface area contributed by atoms with E-state index in [4.69, 9.17) is 16.4 Å². The highest BCUT2D eigenvalue weighted by Crippen LogP contribution is 2.40. The molecule has 0 atom stereocenters. The number of halogens is 6. The monoisotopic (exact) mass is 712 g/mol. The molecule has 0 aliphatic heterocycles. The second-order valence-electron chi connectivity index (χ2n) is 11.2. The molecule has 50 heavy (non-hydrogen) atoms. The molecule has 0 radical (unpaired) electrons. The Morgan fingerprint density at radius 3 is 2.54 bits per heavy atom. The fraction of sp³-hybridized carbons (Fsp3) is 0.182. The molecule has 11 nitrogen and oxygen atoms in total. The van der Waals surface area contributed by atoms with Crippen LogP contribution < -0.4 is 20.6 Å². The number of likely N-dealkylation sites (N-methyl/N-ethyl adjacent to an activating group) is 1. The molecule has 2 N–H and O–H groups in total. The number of aromatic nitrogens is 5. The fourth-order valence-electron chi connectivity index (χ4n) is 5.23. The average Bonchev–Trinajstić information content (AvgIpc) is 3.49. The zero-order chi connectivity index (χ0) is 35.9. The van der Waals surface area contributed by atoms with Crippen LogP contribution in [0.4, 0.5) is 39.3 Å². The Hall–Kier alpha value is -5.61. The molecule has 3 aromatic carbocycles. The zero-order valence-corrected chi connectivity index (χ0v) is 27.2. The summed E-state index contributed by atoms with van der Waals surface area (Å²) in [4.78, 5) is 51.4. The van der Waals surface area contributed by atoms with Crippen LogP contribution in [-0.4, -0.2) is 69.8 Å². The van der Waals surface area contributed by atoms with Crippen LogP contribution in [0.25, 0.3) is 33.2 Å². The summed E-state index contributed by atoms with van der Waals surface area (Å²) in [6.45, 7) is 1.20. The molecule has 0 unspecified atom stereocenters. The van der Waals surface area contributed by atoms with E-state index in [1.807, 2.05) is 19.0 Å². The summed E-state index contributed by atoms with van der Waals surface area (Å²) >= 11 is 6.57. The van der Waals surface area contributed by atoms with Crippen molar-refractivity contribution >= 4 is 56.9 Å². The predicted octanol–water partition coefficient (Wildman–Crippen LogP) is 6.30. The minimum atomic E-state index is -5.10. The van der Waals surface area contributed by atoms with Crippen LogP contribution in [0.5, 0.6) is 0 Å². The van der Waals surface area contributed by atoms with E-state index >= 15 is 4.39 Å². The first-order valence-electron chi connectivity index (χ1n) is 14.8. The van der Waals surface area contributed by atoms with Gasteiger partial charge < -0.3 is 20.0 Å². The lowest BCUT2D eigenvalue weighted by Gasteiger charge is -2.25. The van der Waals surface area contributed by atoms with E-state index < -0.39 is 46.4 Å². The highest BCUT2D eigenvalue weighted by Gasteiger charge is 2.37. The minimum Gasteiger partial charge on any atom is -0.412 e. The summed E-state index contributed by atoms with van der Waals surface area (Å²) < 4.78 is 72.0. The lowest BCUT2D eigenvalue weighted by atomic mass is 10.0. The molecule has 0 fully saturated rings. The number of hydrogen-bond donors (Lipinski definition) is 2. The van der Waals surface area contributed by atoms with Gasteiger partial charge in [0.1, 0.15) is 12.9 Å². The van der Waals surface area contributed by atoms with Gasteiger partial charge in [-0.15, -0.1) is 4.73 Å². The van der Waals surface area contributed by atoms with Gasteiger partial charge in [0.25, 0.3) is 11.5 Å². The number of anilines is 3. The quantitative estimate of drug-likeness (QED) is 0.168. The molecule has 3 heterocycles. The molecule has 0 aliphatic rings. The van der Waals surface area contributed by atoms with Crippen molar-refractivity contribution in [3.05, 3.63) is 105 Å². The number of amides is 1. The van der Waals surface area contributed by atoms with Crippen molar-refractivity contribution in [3.8, 4) is 11.1 Å². The topological polar surface area (TPSA) is 121 Å². The number of fused-ring (bicyclic) bond motifs is 2. The van der Waals surface area contributed by atoms with E-state index in [-0.39, 0.29) is 44.5 Å². The Labute approximate surface area is 284 Å². The van der Waals surface area contributed by atoms with Gasteiger partial charge in [0.15, 0.2) is 17.3 Å². The number of H-pyrrole nitrogens is 1. The van der Waals surface area contributed by atoms with E-state index in [0.29, 0.717) is 29.4 Å². The number of nitrogens with zero attached hydrogens (tertiary/aromatic N) is 6. The number of aromatic amines is 1. The van der Waals surface area contributed by atoms with E-state index in [2.05, 4.69) is 25.3 Å². The standard InChI is InChI=1S/C33H26ClF5N8O3/c1-45(2)12-11-40-32-41-16-17-13-21(30(48)47(50-3)29(17)44-32)20-15-19(8-9-23(20)34)46(26-6-4-5-22(27(26)36)33(37,38)39)31(49)28-42-24-10-7-18(35)14-25(24)43-28/h4-10,13-16H,11-12H2,1-3H3,(H,42,43)(H,40,41,44). The molecule has 0 saturated carbocycles. The first-order chi connectivity index (χ1) is 23.8. The van der Waals surface area contributed by atoms with Crippen LogP contribution in [0.2, 0.25) is 5.02 Å². The molecular weight excluding hydrogens is 687 g/mol. The highest BCUT2D eigenvalue weighted by molar-refractivity contribution is 6.33. The molecule has 0 spiro atoms. The lowest BCUT2D eigenvalue weighted by Crippen LogP contribution is -2.29. The number of pyridine rings is 1. The van der Waals surface area contributed by atoms with Gasteiger partial charge in [0, 0.05) is 35.3 Å². The number of hydrogen-bond acceptors (Lipinski definition) is 8. The van der Waals surface area contributed by atoms with Gasteiger partial charge in [-0.05, 0) is 68.7 Å². The fourth-order valence-corrected chi connectivity index (χ4v) is 5.45. The Kier molecular flexibility index (Phi) is 9.16. The molecule has 3 aromatic heterocycles. The Morgan fingerprint density at radius 1 is 1.04 bits per heavy atom. The van der Waals surface area contributed by atoms with Crippen molar-refractivity contribution in [2.24, 2.45) is 0 Å². The molecule has 6 aromatic rings. The number of nitrogens with one attached hydrogen (secondary N) is 2. The van der Waals surface area contributed by atoms with Gasteiger partial charge in [0.05, 0.1) is 33.5 Å². The summed E-state index contributed by atoms with van der Waals surface area (Å²) in [5, 5.41) is 3.42. The van der Waals surface area contributed by atoms with Crippen LogP contribution in [0.1, 0.15) is 16.2 Å². The zero-order valence-electron chi connectivity index (χ0n) is 26.4. The summed E-state index contributed by atoms with van der Waals surface area (Å²) in [5.74, 6) is -3.67. The summed E-state index contributed by atoms with van der Waals surface area (Å²) in [5.41, 5.74) is -2.93. The maximum absolute atomic E-state index is 15.7. The van der Waals surface area contributed by atoms with Gasteiger partial charge in [0.2, 0.25) is 5.95 Å². The third-order valence-corrected chi connectivity index (χ3v) is 7.93. The van der Waals surface area contributed by atoms with Gasteiger partial charge in [-0.2, -0.15) is 18.2 Å². The minimum absolute atomic E-state index is 0.00636. The first kappa shape index (κ1) is 34.3. The van der Waals surface area contributed by atoms with Crippen molar-refractivity contribution < 1.29 is 31.6 Å². The average molecular weight is 713 g/mol. The third-order valence-electron chi connectivity index (χ3n) is 7.60. The van der Waals surface area contributed by atoms with Crippen molar-refractivity contribution in [3.63, 3.8) is 0 Å². The normalized spacial score (nSPS) is 11.8. The number of imidazole rings is 1. The highest BCUT2D eigenvalue weighted by atomic mass is 35.5. The van der Waals surface area contributed by atoms with Crippen molar-refractivity contribution in [2.75, 3.05) is 44.5 Å². The van der Waals surface area contributed by atoms with Crippen LogP contribution in [0.15, 0.2) is 71.7 Å². The summed E-state index contributed by atoms with van der Waals surface area (Å²) in [6, 6.07) is 11.2. The molecule has 0 aliphatic carbocycles. The number of benzene rings is 3. The molecule has 0 saturated heterocycles. The Morgan fingerprint density at radius 2 is 1.82 bits per heavy atom. The van der Waals surface area contributed by atoms with Gasteiger partial charge in [-0.3, -0.25) is 14.5 Å². The maximum atomic E-state index is 15.7. The van der Waals surface area contributed by atoms with Crippen molar-refractivity contribution in [2.45, 2.75) is 6.18 Å². The number of carbonyl (C=O) groups is 1. The second-order valence-corrected chi connectivity index (χ2v) is 11.6. The smallest absolute Gasteiger partial charge is 0.412 e. The molecule has 1 amide bonds. The summed E-state index contributed by atoms with van der Waals surface area (Å²) in [7, 11) is 5.05. The Balaban J connectivity index is 1.51. The number of alkyl halides is 3. The van der Waals surface area contributed by atoms with Crippen LogP contribution >= 0.6 is 11.6 Å². The van der Waals surface area contributed by atoms with Crippen LogP contribution in [0.3, 0.4) is 0 Å². The van der Waals surface area contributed by atoms with Gasteiger partial charge >= 0.3 is 6.18 Å². The van der Waals surface area contributed by atoms with Crippen LogP contribution in [0, 0.1) is 11.6 Å². The number of carbonyl (C=O) groups excluding carboxylic acids is 1. The van der Waals surface area contributed by atoms with Gasteiger partial charge in [-0.25, -0.2) is 18.7 Å². The summed E-state index contributed by atoms with van der Waals surface area (Å²) in [6.07, 6.45) is -3.65. The molecule has 6 rings (SSSR count). The van der Waals surface area contributed by atoms with E-state index in [0.717, 1.165) is 29.0 Å². The van der Waals surface area contributed by atoms with E-state index in [9.17, 15) is 27.2 Å². The van der Waals surface area contributed by atoms with E-state index in [1.54, 1.807) is 0 Å². The SMILES string of the molecule is COn1c(=O)c(-c2cc(N(C(=O)c3nc4ccc(F)cc4[nH]3)c3cccc(C(F)(F)F)c3F)ccc2Cl)cc2cnc(NCCN(C)C)nc21. The van der Waals surface area contributed by atoms with Gasteiger partial charge in [-0.1, -0.05) is 17.7 Å². The Bertz CT molecular complexity index is 2330. The second kappa shape index (κ2) is 13.4. The lowest BCUT2D eigenvalue weighted by molar-refractivity contribution is -0.139. The van der Waals surface area contributed by atoms with Crippen molar-refractivity contribution in [1.29, 1.82) is 0 Å². The largest absolute Gasteiger partial charge is 0.419 e. The maximum Gasteiger partial charge on any atom is 0.419 e. The molecule has 0 bridgehead atoms. The molecular formula is C33H26ClF5N8O3. The van der Waals surface area contributed by atoms with E-state index in [1.165, 1.54) is 43.6 Å². The first-order valence-corrected chi connectivity index (χ1v) is 15.2. The molecule has 258 valence electrons.